The Bertz CT molecular complexity index is 682. The fraction of sp³-hybridized carbons (Fsp3) is 0.368. The molecule has 5 nitrogen and oxygen atoms in total. The molecule has 3 rings (SSSR count). The van der Waals surface area contributed by atoms with E-state index in [0.29, 0.717) is 31.8 Å². The van der Waals surface area contributed by atoms with Gasteiger partial charge in [-0.2, -0.15) is 0 Å². The summed E-state index contributed by atoms with van der Waals surface area (Å²) in [6, 6.07) is 13.5. The van der Waals surface area contributed by atoms with Crippen molar-refractivity contribution in [3.05, 3.63) is 60.1 Å². The van der Waals surface area contributed by atoms with E-state index in [4.69, 9.17) is 4.42 Å². The average Bonchev–Trinajstić information content (AvgIpc) is 3.25. The molecule has 2 atom stereocenters. The second-order valence-electron chi connectivity index (χ2n) is 6.08. The number of hydrogen-bond donors (Lipinski definition) is 1. The number of furan rings is 1. The zero-order chi connectivity index (χ0) is 16.9. The minimum atomic E-state index is -0.211. The molecule has 1 N–H and O–H groups in total. The van der Waals surface area contributed by atoms with Gasteiger partial charge < -0.3 is 14.6 Å². The summed E-state index contributed by atoms with van der Waals surface area (Å²) in [5, 5.41) is 2.84. The van der Waals surface area contributed by atoms with E-state index < -0.39 is 0 Å². The van der Waals surface area contributed by atoms with Gasteiger partial charge in [0.15, 0.2) is 0 Å². The van der Waals surface area contributed by atoms with Gasteiger partial charge in [0.1, 0.15) is 5.76 Å². The van der Waals surface area contributed by atoms with E-state index in [1.807, 2.05) is 48.2 Å². The van der Waals surface area contributed by atoms with Gasteiger partial charge >= 0.3 is 0 Å². The van der Waals surface area contributed by atoms with E-state index in [-0.39, 0.29) is 23.7 Å². The molecule has 0 saturated heterocycles. The van der Waals surface area contributed by atoms with Gasteiger partial charge in [0.25, 0.3) is 0 Å². The van der Waals surface area contributed by atoms with Crippen molar-refractivity contribution in [3.63, 3.8) is 0 Å². The first-order valence-electron chi connectivity index (χ1n) is 8.32. The number of benzene rings is 1. The number of carbonyl (C=O) groups is 2. The third-order valence-electron chi connectivity index (χ3n) is 4.37. The molecule has 24 heavy (non-hydrogen) atoms. The largest absolute Gasteiger partial charge is 0.467 e. The van der Waals surface area contributed by atoms with Gasteiger partial charge in [-0.1, -0.05) is 30.3 Å². The highest BCUT2D eigenvalue weighted by Gasteiger charge is 2.49. The van der Waals surface area contributed by atoms with Crippen molar-refractivity contribution in [3.8, 4) is 0 Å². The Hall–Kier alpha value is -2.56. The lowest BCUT2D eigenvalue weighted by atomic mass is 10.2. The molecule has 0 bridgehead atoms. The van der Waals surface area contributed by atoms with Crippen molar-refractivity contribution in [1.82, 2.24) is 10.2 Å². The molecule has 1 fully saturated rings. The second kappa shape index (κ2) is 7.34. The van der Waals surface area contributed by atoms with Crippen molar-refractivity contribution in [1.29, 1.82) is 0 Å². The molecule has 126 valence electrons. The van der Waals surface area contributed by atoms with E-state index in [0.717, 1.165) is 5.56 Å². The third-order valence-corrected chi connectivity index (χ3v) is 4.37. The number of nitrogens with zero attached hydrogens (tertiary/aromatic N) is 1. The summed E-state index contributed by atoms with van der Waals surface area (Å²) in [6.45, 7) is 3.57. The lowest BCUT2D eigenvalue weighted by Crippen LogP contribution is -2.33. The first-order chi connectivity index (χ1) is 11.7. The van der Waals surface area contributed by atoms with E-state index in [1.54, 1.807) is 12.3 Å². The van der Waals surface area contributed by atoms with Gasteiger partial charge in [-0.05, 0) is 31.0 Å². The lowest BCUT2D eigenvalue weighted by molar-refractivity contribution is -0.135. The van der Waals surface area contributed by atoms with Crippen LogP contribution in [0.5, 0.6) is 0 Å². The number of rotatable bonds is 7. The van der Waals surface area contributed by atoms with E-state index in [9.17, 15) is 9.59 Å². The molecule has 5 heteroatoms. The number of amides is 2. The summed E-state index contributed by atoms with van der Waals surface area (Å²) < 4.78 is 5.19. The fourth-order valence-corrected chi connectivity index (χ4v) is 2.86. The molecule has 0 radical (unpaired) electrons. The van der Waals surface area contributed by atoms with Gasteiger partial charge in [0, 0.05) is 13.1 Å². The monoisotopic (exact) mass is 326 g/mol. The zero-order valence-corrected chi connectivity index (χ0v) is 13.8. The molecule has 0 aliphatic heterocycles. The van der Waals surface area contributed by atoms with Crippen molar-refractivity contribution < 1.29 is 14.0 Å². The van der Waals surface area contributed by atoms with Crippen LogP contribution in [-0.4, -0.2) is 23.3 Å². The van der Waals surface area contributed by atoms with Crippen molar-refractivity contribution in [2.24, 2.45) is 11.8 Å². The van der Waals surface area contributed by atoms with Gasteiger partial charge in [0.2, 0.25) is 11.8 Å². The van der Waals surface area contributed by atoms with Crippen LogP contribution in [0.25, 0.3) is 0 Å². The standard InChI is InChI=1S/C19H22N2O3/c1-2-21(13-14-7-4-3-5-8-14)19(23)17-11-16(17)18(22)20-12-15-9-6-10-24-15/h3-10,16-17H,2,11-13H2,1H3,(H,20,22). The number of hydrogen-bond acceptors (Lipinski definition) is 3. The van der Waals surface area contributed by atoms with Crippen LogP contribution in [0.4, 0.5) is 0 Å². The van der Waals surface area contributed by atoms with Crippen molar-refractivity contribution >= 4 is 11.8 Å². The molecule has 1 aromatic carbocycles. The summed E-state index contributed by atoms with van der Waals surface area (Å²) in [4.78, 5) is 26.6. The Morgan fingerprint density at radius 2 is 1.96 bits per heavy atom. The summed E-state index contributed by atoms with van der Waals surface area (Å²) in [7, 11) is 0. The van der Waals surface area contributed by atoms with Crippen LogP contribution >= 0.6 is 0 Å². The van der Waals surface area contributed by atoms with Crippen LogP contribution in [0.15, 0.2) is 53.1 Å². The molecule has 1 saturated carbocycles. The van der Waals surface area contributed by atoms with Crippen LogP contribution in [0, 0.1) is 11.8 Å². The lowest BCUT2D eigenvalue weighted by Gasteiger charge is -2.21. The Morgan fingerprint density at radius 1 is 1.17 bits per heavy atom. The van der Waals surface area contributed by atoms with E-state index >= 15 is 0 Å². The molecule has 2 unspecified atom stereocenters. The van der Waals surface area contributed by atoms with E-state index in [2.05, 4.69) is 5.32 Å². The predicted octanol–water partition coefficient (Wildman–Crippen LogP) is 2.58. The molecule has 1 aromatic heterocycles. The minimum absolute atomic E-state index is 0.0690. The quantitative estimate of drug-likeness (QED) is 0.850. The highest BCUT2D eigenvalue weighted by molar-refractivity contribution is 5.92. The molecule has 1 aliphatic rings. The Labute approximate surface area is 141 Å². The highest BCUT2D eigenvalue weighted by atomic mass is 16.3. The van der Waals surface area contributed by atoms with Crippen LogP contribution in [-0.2, 0) is 22.7 Å². The van der Waals surface area contributed by atoms with Crippen LogP contribution in [0.1, 0.15) is 24.7 Å². The predicted molar refractivity (Wildman–Crippen MR) is 89.7 cm³/mol. The Balaban J connectivity index is 1.51. The topological polar surface area (TPSA) is 62.6 Å². The zero-order valence-electron chi connectivity index (χ0n) is 13.8. The first kappa shape index (κ1) is 16.3. The average molecular weight is 326 g/mol. The van der Waals surface area contributed by atoms with Gasteiger partial charge in [-0.15, -0.1) is 0 Å². The van der Waals surface area contributed by atoms with Crippen LogP contribution in [0.2, 0.25) is 0 Å². The summed E-state index contributed by atoms with van der Waals surface area (Å²) in [5.74, 6) is 0.314. The molecule has 1 aliphatic carbocycles. The maximum Gasteiger partial charge on any atom is 0.226 e. The SMILES string of the molecule is CCN(Cc1ccccc1)C(=O)C1CC1C(=O)NCc1ccco1. The van der Waals surface area contributed by atoms with Crippen molar-refractivity contribution in [2.45, 2.75) is 26.4 Å². The Morgan fingerprint density at radius 3 is 2.62 bits per heavy atom. The van der Waals surface area contributed by atoms with Gasteiger partial charge in [-0.3, -0.25) is 9.59 Å². The van der Waals surface area contributed by atoms with E-state index in [1.165, 1.54) is 0 Å². The van der Waals surface area contributed by atoms with Crippen LogP contribution < -0.4 is 5.32 Å². The Kier molecular flexibility index (Phi) is 4.99. The highest BCUT2D eigenvalue weighted by Crippen LogP contribution is 2.40. The molecular weight excluding hydrogens is 304 g/mol. The molecule has 2 aromatic rings. The summed E-state index contributed by atoms with van der Waals surface area (Å²) >= 11 is 0. The minimum Gasteiger partial charge on any atom is -0.467 e. The van der Waals surface area contributed by atoms with Gasteiger partial charge in [0.05, 0.1) is 24.6 Å². The molecular formula is C19H22N2O3. The summed E-state index contributed by atoms with van der Waals surface area (Å²) in [6.07, 6.45) is 2.21. The second-order valence-corrected chi connectivity index (χ2v) is 6.08. The third kappa shape index (κ3) is 3.85. The number of carbonyl (C=O) groups excluding carboxylic acids is 2. The summed E-state index contributed by atoms with van der Waals surface area (Å²) in [5.41, 5.74) is 1.10. The number of nitrogens with one attached hydrogen (secondary N) is 1. The molecule has 0 spiro atoms. The van der Waals surface area contributed by atoms with Crippen molar-refractivity contribution in [2.75, 3.05) is 6.54 Å². The normalized spacial score (nSPS) is 18.9. The van der Waals surface area contributed by atoms with Gasteiger partial charge in [-0.25, -0.2) is 0 Å². The maximum absolute atomic E-state index is 12.6. The maximum atomic E-state index is 12.6. The first-order valence-corrected chi connectivity index (χ1v) is 8.32. The molecule has 2 amide bonds. The molecule has 1 heterocycles. The fourth-order valence-electron chi connectivity index (χ4n) is 2.86. The van der Waals surface area contributed by atoms with Crippen LogP contribution in [0.3, 0.4) is 0 Å². The smallest absolute Gasteiger partial charge is 0.226 e.